The van der Waals surface area contributed by atoms with Crippen LogP contribution in [0.4, 0.5) is 0 Å². The van der Waals surface area contributed by atoms with Gasteiger partial charge in [-0.15, -0.1) is 0 Å². The van der Waals surface area contributed by atoms with Crippen LogP contribution in [0.5, 0.6) is 0 Å². The smallest absolute Gasteiger partial charge is 0.153 e. The summed E-state index contributed by atoms with van der Waals surface area (Å²) in [5.74, 6) is 1.14. The highest BCUT2D eigenvalue weighted by Gasteiger charge is 2.36. The highest BCUT2D eigenvalue weighted by Crippen LogP contribution is 2.31. The van der Waals surface area contributed by atoms with Crippen LogP contribution in [0.1, 0.15) is 66.2 Å². The van der Waals surface area contributed by atoms with Crippen LogP contribution in [0.2, 0.25) is 0 Å². The van der Waals surface area contributed by atoms with Gasteiger partial charge in [-0.25, -0.2) is 0 Å². The summed E-state index contributed by atoms with van der Waals surface area (Å²) in [6, 6.07) is 0. The van der Waals surface area contributed by atoms with E-state index in [0.29, 0.717) is 11.7 Å². The summed E-state index contributed by atoms with van der Waals surface area (Å²) in [7, 11) is 0. The normalized spacial score (nSPS) is 20.8. The Bertz CT molecular complexity index is 241. The third-order valence-electron chi connectivity index (χ3n) is 4.70. The summed E-state index contributed by atoms with van der Waals surface area (Å²) in [6.45, 7) is 10.5. The maximum atomic E-state index is 12.6. The first-order valence-corrected chi connectivity index (χ1v) is 7.36. The fraction of sp³-hybridized carbons (Fsp3) is 0.933. The Morgan fingerprint density at radius 3 is 2.12 bits per heavy atom. The van der Waals surface area contributed by atoms with Gasteiger partial charge < -0.3 is 0 Å². The van der Waals surface area contributed by atoms with E-state index in [0.717, 1.165) is 25.9 Å². The van der Waals surface area contributed by atoms with E-state index in [4.69, 9.17) is 0 Å². The minimum absolute atomic E-state index is 0.230. The van der Waals surface area contributed by atoms with Gasteiger partial charge >= 0.3 is 0 Å². The van der Waals surface area contributed by atoms with E-state index >= 15 is 0 Å². The summed E-state index contributed by atoms with van der Waals surface area (Å²) >= 11 is 0. The zero-order chi connectivity index (χ0) is 12.9. The molecule has 1 atom stereocenters. The molecule has 1 aliphatic carbocycles. The minimum atomic E-state index is -0.230. The van der Waals surface area contributed by atoms with Gasteiger partial charge in [0.05, 0.1) is 5.54 Å². The predicted molar refractivity (Wildman–Crippen MR) is 73.2 cm³/mol. The number of hydrogen-bond donors (Lipinski definition) is 0. The summed E-state index contributed by atoms with van der Waals surface area (Å²) in [6.07, 6.45) is 6.92. The number of rotatable bonds is 7. The third kappa shape index (κ3) is 3.31. The molecule has 1 rings (SSSR count). The van der Waals surface area contributed by atoms with E-state index in [-0.39, 0.29) is 5.54 Å². The molecule has 1 saturated carbocycles. The summed E-state index contributed by atoms with van der Waals surface area (Å²) in [4.78, 5) is 14.9. The van der Waals surface area contributed by atoms with Gasteiger partial charge in [0.15, 0.2) is 5.78 Å². The first kappa shape index (κ1) is 14.7. The van der Waals surface area contributed by atoms with Crippen molar-refractivity contribution in [3.8, 4) is 0 Å². The molecular weight excluding hydrogens is 210 g/mol. The van der Waals surface area contributed by atoms with Crippen LogP contribution in [0.3, 0.4) is 0 Å². The molecule has 0 bridgehead atoms. The van der Waals surface area contributed by atoms with Gasteiger partial charge in [0.1, 0.15) is 0 Å². The molecule has 2 heteroatoms. The predicted octanol–water partition coefficient (Wildman–Crippen LogP) is 3.65. The maximum absolute atomic E-state index is 12.6. The van der Waals surface area contributed by atoms with E-state index in [1.165, 1.54) is 25.7 Å². The lowest BCUT2D eigenvalue weighted by molar-refractivity contribution is -0.131. The van der Waals surface area contributed by atoms with Gasteiger partial charge in [0.25, 0.3) is 0 Å². The maximum Gasteiger partial charge on any atom is 0.153 e. The van der Waals surface area contributed by atoms with E-state index < -0.39 is 0 Å². The van der Waals surface area contributed by atoms with E-state index in [9.17, 15) is 4.79 Å². The van der Waals surface area contributed by atoms with Crippen LogP contribution in [-0.4, -0.2) is 29.3 Å². The van der Waals surface area contributed by atoms with Gasteiger partial charge in [0, 0.05) is 6.42 Å². The molecule has 0 aliphatic heterocycles. The molecule has 0 aromatic heterocycles. The minimum Gasteiger partial charge on any atom is -0.298 e. The molecule has 0 radical (unpaired) electrons. The van der Waals surface area contributed by atoms with Gasteiger partial charge in [-0.1, -0.05) is 46.5 Å². The highest BCUT2D eigenvalue weighted by atomic mass is 16.1. The second-order valence-corrected chi connectivity index (χ2v) is 5.58. The number of carbonyl (C=O) groups is 1. The zero-order valence-corrected chi connectivity index (χ0v) is 12.1. The molecule has 1 unspecified atom stereocenters. The van der Waals surface area contributed by atoms with Crippen LogP contribution in [0.15, 0.2) is 0 Å². The molecule has 0 N–H and O–H groups in total. The summed E-state index contributed by atoms with van der Waals surface area (Å²) < 4.78 is 0. The van der Waals surface area contributed by atoms with E-state index in [1.54, 1.807) is 0 Å². The SMILES string of the molecule is CCN(CC)C(C)(CC)C(=O)CC1CCCC1. The van der Waals surface area contributed by atoms with Crippen molar-refractivity contribution in [1.29, 1.82) is 0 Å². The summed E-state index contributed by atoms with van der Waals surface area (Å²) in [5, 5.41) is 0. The molecule has 0 spiro atoms. The molecule has 1 aliphatic rings. The lowest BCUT2D eigenvalue weighted by Crippen LogP contribution is -2.52. The lowest BCUT2D eigenvalue weighted by Gasteiger charge is -2.39. The molecule has 0 saturated heterocycles. The molecule has 100 valence electrons. The fourth-order valence-electron chi connectivity index (χ4n) is 3.22. The van der Waals surface area contributed by atoms with Crippen LogP contribution in [0.25, 0.3) is 0 Å². The van der Waals surface area contributed by atoms with Crippen molar-refractivity contribution >= 4 is 5.78 Å². The number of carbonyl (C=O) groups excluding carboxylic acids is 1. The van der Waals surface area contributed by atoms with Crippen molar-refractivity contribution in [3.05, 3.63) is 0 Å². The zero-order valence-electron chi connectivity index (χ0n) is 12.1. The van der Waals surface area contributed by atoms with Crippen LogP contribution in [0, 0.1) is 5.92 Å². The Labute approximate surface area is 107 Å². The number of hydrogen-bond acceptors (Lipinski definition) is 2. The van der Waals surface area contributed by atoms with Crippen LogP contribution >= 0.6 is 0 Å². The first-order chi connectivity index (χ1) is 8.08. The second-order valence-electron chi connectivity index (χ2n) is 5.58. The lowest BCUT2D eigenvalue weighted by atomic mass is 9.85. The van der Waals surface area contributed by atoms with Crippen LogP contribution in [-0.2, 0) is 4.79 Å². The third-order valence-corrected chi connectivity index (χ3v) is 4.70. The Morgan fingerprint density at radius 1 is 1.18 bits per heavy atom. The molecule has 1 fully saturated rings. The first-order valence-electron chi connectivity index (χ1n) is 7.36. The largest absolute Gasteiger partial charge is 0.298 e. The van der Waals surface area contributed by atoms with Gasteiger partial charge in [-0.05, 0) is 32.4 Å². The van der Waals surface area contributed by atoms with Crippen molar-refractivity contribution in [1.82, 2.24) is 4.90 Å². The Balaban J connectivity index is 2.66. The molecule has 0 heterocycles. The van der Waals surface area contributed by atoms with Crippen LogP contribution < -0.4 is 0 Å². The van der Waals surface area contributed by atoms with Crippen molar-refractivity contribution in [3.63, 3.8) is 0 Å². The Morgan fingerprint density at radius 2 is 1.71 bits per heavy atom. The van der Waals surface area contributed by atoms with E-state index in [2.05, 4.69) is 32.6 Å². The molecule has 17 heavy (non-hydrogen) atoms. The van der Waals surface area contributed by atoms with Crippen molar-refractivity contribution in [2.24, 2.45) is 5.92 Å². The van der Waals surface area contributed by atoms with Gasteiger partial charge in [-0.2, -0.15) is 0 Å². The van der Waals surface area contributed by atoms with Gasteiger partial charge in [-0.3, -0.25) is 9.69 Å². The van der Waals surface area contributed by atoms with Gasteiger partial charge in [0.2, 0.25) is 0 Å². The molecule has 0 aromatic rings. The van der Waals surface area contributed by atoms with Crippen molar-refractivity contribution in [2.45, 2.75) is 71.8 Å². The average molecular weight is 239 g/mol. The fourth-order valence-corrected chi connectivity index (χ4v) is 3.22. The van der Waals surface area contributed by atoms with Crippen molar-refractivity contribution in [2.75, 3.05) is 13.1 Å². The molecule has 2 nitrogen and oxygen atoms in total. The number of nitrogens with zero attached hydrogens (tertiary/aromatic N) is 1. The standard InChI is InChI=1S/C15H29NO/c1-5-15(4,16(6-2)7-3)14(17)12-13-10-8-9-11-13/h13H,5-12H2,1-4H3. The Kier molecular flexibility index (Phi) is 5.64. The average Bonchev–Trinajstić information content (AvgIpc) is 2.82. The number of likely N-dealkylation sites (N-methyl/N-ethyl adjacent to an activating group) is 1. The number of Topliss-reactive ketones (excluding diaryl/α,β-unsaturated/α-hetero) is 1. The quantitative estimate of drug-likeness (QED) is 0.676. The number of ketones is 1. The topological polar surface area (TPSA) is 20.3 Å². The van der Waals surface area contributed by atoms with E-state index in [1.807, 2.05) is 0 Å². The molecule has 0 aromatic carbocycles. The molecular formula is C15H29NO. The molecule has 0 amide bonds. The monoisotopic (exact) mass is 239 g/mol. The second kappa shape index (κ2) is 6.53. The van der Waals surface area contributed by atoms with Crippen molar-refractivity contribution < 1.29 is 4.79 Å². The highest BCUT2D eigenvalue weighted by molar-refractivity contribution is 5.88. The summed E-state index contributed by atoms with van der Waals surface area (Å²) in [5.41, 5.74) is -0.230. The Hall–Kier alpha value is -0.370.